The van der Waals surface area contributed by atoms with Gasteiger partial charge in [-0.2, -0.15) is 4.98 Å². The van der Waals surface area contributed by atoms with E-state index in [2.05, 4.69) is 24.0 Å². The Morgan fingerprint density at radius 1 is 1.29 bits per heavy atom. The molecule has 118 valence electrons. The minimum Gasteiger partial charge on any atom is -0.367 e. The monoisotopic (exact) mass is 294 g/mol. The van der Waals surface area contributed by atoms with E-state index in [4.69, 9.17) is 9.26 Å². The SMILES string of the molecule is CCOC(CC)(CC)c1noc(CC2CCCCC2=O)n1. The zero-order valence-corrected chi connectivity index (χ0v) is 13.4. The fraction of sp³-hybridized carbons (Fsp3) is 0.812. The molecule has 1 saturated carbocycles. The number of aromatic nitrogens is 2. The van der Waals surface area contributed by atoms with E-state index in [0.29, 0.717) is 36.9 Å². The molecule has 5 heteroatoms. The Kier molecular flexibility index (Phi) is 5.51. The lowest BCUT2D eigenvalue weighted by Crippen LogP contribution is -2.30. The van der Waals surface area contributed by atoms with E-state index < -0.39 is 5.60 Å². The standard InChI is InChI=1S/C16H26N2O3/c1-4-16(5-2,20-6-3)15-17-14(21-18-15)11-12-9-7-8-10-13(12)19/h12H,4-11H2,1-3H3. The van der Waals surface area contributed by atoms with E-state index in [1.165, 1.54) is 0 Å². The number of hydrogen-bond donors (Lipinski definition) is 0. The Morgan fingerprint density at radius 2 is 2.05 bits per heavy atom. The summed E-state index contributed by atoms with van der Waals surface area (Å²) >= 11 is 0. The lowest BCUT2D eigenvalue weighted by atomic mass is 9.86. The number of nitrogens with zero attached hydrogens (tertiary/aromatic N) is 2. The van der Waals surface area contributed by atoms with E-state index in [-0.39, 0.29) is 5.92 Å². The van der Waals surface area contributed by atoms with Crippen LogP contribution in [0.15, 0.2) is 4.52 Å². The second-order valence-electron chi connectivity index (χ2n) is 5.76. The molecule has 1 unspecified atom stereocenters. The van der Waals surface area contributed by atoms with E-state index in [1.807, 2.05) is 6.92 Å². The topological polar surface area (TPSA) is 65.2 Å². The van der Waals surface area contributed by atoms with Gasteiger partial charge < -0.3 is 9.26 Å². The molecular weight excluding hydrogens is 268 g/mol. The summed E-state index contributed by atoms with van der Waals surface area (Å²) in [6, 6.07) is 0. The highest BCUT2D eigenvalue weighted by Gasteiger charge is 2.35. The number of rotatable bonds is 7. The second-order valence-corrected chi connectivity index (χ2v) is 5.76. The first-order valence-corrected chi connectivity index (χ1v) is 8.15. The molecular formula is C16H26N2O3. The molecule has 0 aromatic carbocycles. The molecule has 5 nitrogen and oxygen atoms in total. The molecule has 0 aliphatic heterocycles. The van der Waals surface area contributed by atoms with Gasteiger partial charge in [-0.05, 0) is 32.6 Å². The number of Topliss-reactive ketones (excluding diaryl/α,β-unsaturated/α-hetero) is 1. The number of ether oxygens (including phenoxy) is 1. The molecule has 0 amide bonds. The van der Waals surface area contributed by atoms with Gasteiger partial charge >= 0.3 is 0 Å². The zero-order valence-electron chi connectivity index (χ0n) is 13.4. The highest BCUT2D eigenvalue weighted by atomic mass is 16.5. The van der Waals surface area contributed by atoms with Crippen molar-refractivity contribution in [3.05, 3.63) is 11.7 Å². The Labute approximate surface area is 126 Å². The Bertz CT molecular complexity index is 466. The molecule has 0 spiro atoms. The molecule has 1 heterocycles. The molecule has 1 aliphatic rings. The highest BCUT2D eigenvalue weighted by molar-refractivity contribution is 5.81. The predicted octanol–water partition coefficient (Wildman–Crippen LogP) is 3.42. The Morgan fingerprint density at radius 3 is 2.67 bits per heavy atom. The minimum absolute atomic E-state index is 0.0526. The summed E-state index contributed by atoms with van der Waals surface area (Å²) in [5.41, 5.74) is -0.465. The second kappa shape index (κ2) is 7.16. The zero-order chi connectivity index (χ0) is 15.3. The van der Waals surface area contributed by atoms with Crippen molar-refractivity contribution in [1.82, 2.24) is 10.1 Å². The summed E-state index contributed by atoms with van der Waals surface area (Å²) in [5, 5.41) is 4.12. The molecule has 1 aromatic heterocycles. The fourth-order valence-electron chi connectivity index (χ4n) is 3.12. The van der Waals surface area contributed by atoms with Gasteiger partial charge in [-0.1, -0.05) is 25.4 Å². The summed E-state index contributed by atoms with van der Waals surface area (Å²) in [6.07, 6.45) is 5.94. The van der Waals surface area contributed by atoms with Gasteiger partial charge in [0.05, 0.1) is 0 Å². The van der Waals surface area contributed by atoms with Crippen molar-refractivity contribution >= 4 is 5.78 Å². The van der Waals surface area contributed by atoms with Crippen molar-refractivity contribution in [3.8, 4) is 0 Å². The molecule has 21 heavy (non-hydrogen) atoms. The summed E-state index contributed by atoms with van der Waals surface area (Å²) in [4.78, 5) is 16.4. The molecule has 0 N–H and O–H groups in total. The van der Waals surface area contributed by atoms with Crippen LogP contribution in [0.2, 0.25) is 0 Å². The van der Waals surface area contributed by atoms with Crippen LogP contribution in [0.25, 0.3) is 0 Å². The summed E-state index contributed by atoms with van der Waals surface area (Å²) in [5.74, 6) is 1.57. The molecule has 1 atom stereocenters. The van der Waals surface area contributed by atoms with Gasteiger partial charge in [-0.3, -0.25) is 4.79 Å². The van der Waals surface area contributed by atoms with E-state index in [9.17, 15) is 4.79 Å². The third-order valence-electron chi connectivity index (χ3n) is 4.54. The largest absolute Gasteiger partial charge is 0.367 e. The quantitative estimate of drug-likeness (QED) is 0.771. The summed E-state index contributed by atoms with van der Waals surface area (Å²) in [7, 11) is 0. The van der Waals surface area contributed by atoms with Crippen molar-refractivity contribution in [2.45, 2.75) is 71.3 Å². The van der Waals surface area contributed by atoms with Crippen LogP contribution >= 0.6 is 0 Å². The van der Waals surface area contributed by atoms with E-state index in [0.717, 1.165) is 32.1 Å². The molecule has 0 radical (unpaired) electrons. The van der Waals surface area contributed by atoms with Crippen molar-refractivity contribution in [1.29, 1.82) is 0 Å². The first-order chi connectivity index (χ1) is 10.1. The normalized spacial score (nSPS) is 20.0. The van der Waals surface area contributed by atoms with Gasteiger partial charge in [0.1, 0.15) is 11.4 Å². The van der Waals surface area contributed by atoms with Crippen LogP contribution in [0.1, 0.15) is 71.0 Å². The van der Waals surface area contributed by atoms with Crippen LogP contribution in [0.4, 0.5) is 0 Å². The van der Waals surface area contributed by atoms with Crippen molar-refractivity contribution in [3.63, 3.8) is 0 Å². The number of carbonyl (C=O) groups is 1. The molecule has 0 saturated heterocycles. The van der Waals surface area contributed by atoms with Crippen LogP contribution in [0.3, 0.4) is 0 Å². The van der Waals surface area contributed by atoms with Gasteiger partial charge in [0.15, 0.2) is 0 Å². The van der Waals surface area contributed by atoms with Crippen molar-refractivity contribution in [2.24, 2.45) is 5.92 Å². The minimum atomic E-state index is -0.465. The van der Waals surface area contributed by atoms with Gasteiger partial charge in [0.25, 0.3) is 0 Å². The summed E-state index contributed by atoms with van der Waals surface area (Å²) in [6.45, 7) is 6.73. The average molecular weight is 294 g/mol. The lowest BCUT2D eigenvalue weighted by Gasteiger charge is -2.27. The van der Waals surface area contributed by atoms with Gasteiger partial charge in [0, 0.05) is 25.4 Å². The van der Waals surface area contributed by atoms with E-state index >= 15 is 0 Å². The molecule has 1 aromatic rings. The van der Waals surface area contributed by atoms with Gasteiger partial charge in [-0.15, -0.1) is 0 Å². The van der Waals surface area contributed by atoms with Gasteiger partial charge in [-0.25, -0.2) is 0 Å². The fourth-order valence-corrected chi connectivity index (χ4v) is 3.12. The lowest BCUT2D eigenvalue weighted by molar-refractivity contribution is -0.124. The van der Waals surface area contributed by atoms with Crippen molar-refractivity contribution < 1.29 is 14.1 Å². The van der Waals surface area contributed by atoms with E-state index in [1.54, 1.807) is 0 Å². The van der Waals surface area contributed by atoms with Crippen LogP contribution in [-0.4, -0.2) is 22.5 Å². The molecule has 0 bridgehead atoms. The summed E-state index contributed by atoms with van der Waals surface area (Å²) < 4.78 is 11.3. The predicted molar refractivity (Wildman–Crippen MR) is 78.9 cm³/mol. The first-order valence-electron chi connectivity index (χ1n) is 8.15. The van der Waals surface area contributed by atoms with Crippen molar-refractivity contribution in [2.75, 3.05) is 6.61 Å². The Balaban J connectivity index is 2.11. The maximum absolute atomic E-state index is 11.9. The number of hydrogen-bond acceptors (Lipinski definition) is 5. The maximum Gasteiger partial charge on any atom is 0.227 e. The molecule has 2 rings (SSSR count). The smallest absolute Gasteiger partial charge is 0.227 e. The highest BCUT2D eigenvalue weighted by Crippen LogP contribution is 2.31. The van der Waals surface area contributed by atoms with Crippen LogP contribution in [0, 0.1) is 5.92 Å². The van der Waals surface area contributed by atoms with Gasteiger partial charge in [0.2, 0.25) is 11.7 Å². The maximum atomic E-state index is 11.9. The average Bonchev–Trinajstić information content (AvgIpc) is 2.96. The van der Waals surface area contributed by atoms with Crippen LogP contribution in [-0.2, 0) is 21.6 Å². The first kappa shape index (κ1) is 16.1. The van der Waals surface area contributed by atoms with Crippen LogP contribution < -0.4 is 0 Å². The molecule has 1 fully saturated rings. The van der Waals surface area contributed by atoms with Crippen LogP contribution in [0.5, 0.6) is 0 Å². The third kappa shape index (κ3) is 3.51. The number of ketones is 1. The number of carbonyl (C=O) groups excluding carboxylic acids is 1. The molecule has 1 aliphatic carbocycles. The third-order valence-corrected chi connectivity index (χ3v) is 4.54. The Hall–Kier alpha value is -1.23.